The standard InChI is InChI=1S/C17H15BrClNO/c1-10(2)14-8-17(11(3)6-15(14)19)21-16-5-4-13(18)7-12(16)9-20/h4-8,10H,1-3H3. The minimum Gasteiger partial charge on any atom is -0.456 e. The average molecular weight is 365 g/mol. The Labute approximate surface area is 138 Å². The largest absolute Gasteiger partial charge is 0.456 e. The molecule has 0 heterocycles. The van der Waals surface area contributed by atoms with Crippen LogP contribution in [-0.2, 0) is 0 Å². The van der Waals surface area contributed by atoms with E-state index in [1.165, 1.54) is 0 Å². The fourth-order valence-corrected chi connectivity index (χ4v) is 2.82. The molecule has 0 unspecified atom stereocenters. The highest BCUT2D eigenvalue weighted by molar-refractivity contribution is 9.10. The summed E-state index contributed by atoms with van der Waals surface area (Å²) in [5.41, 5.74) is 2.47. The van der Waals surface area contributed by atoms with Crippen molar-refractivity contribution in [2.24, 2.45) is 0 Å². The minimum absolute atomic E-state index is 0.306. The maximum atomic E-state index is 9.21. The first-order chi connectivity index (χ1) is 9.92. The molecule has 0 radical (unpaired) electrons. The average Bonchev–Trinajstić information content (AvgIpc) is 2.42. The van der Waals surface area contributed by atoms with Gasteiger partial charge >= 0.3 is 0 Å². The summed E-state index contributed by atoms with van der Waals surface area (Å²) >= 11 is 9.62. The van der Waals surface area contributed by atoms with Gasteiger partial charge in [0.05, 0.1) is 5.56 Å². The van der Waals surface area contributed by atoms with Crippen LogP contribution in [0.4, 0.5) is 0 Å². The van der Waals surface area contributed by atoms with Crippen LogP contribution in [0.25, 0.3) is 0 Å². The van der Waals surface area contributed by atoms with Crippen molar-refractivity contribution in [1.29, 1.82) is 5.26 Å². The number of hydrogen-bond donors (Lipinski definition) is 0. The van der Waals surface area contributed by atoms with Gasteiger partial charge in [-0.1, -0.05) is 41.4 Å². The second-order valence-corrected chi connectivity index (χ2v) is 6.47. The number of halogens is 2. The Morgan fingerprint density at radius 2 is 1.90 bits per heavy atom. The van der Waals surface area contributed by atoms with Crippen LogP contribution in [0.5, 0.6) is 11.5 Å². The molecule has 21 heavy (non-hydrogen) atoms. The number of aryl methyl sites for hydroxylation is 1. The summed E-state index contributed by atoms with van der Waals surface area (Å²) in [6.45, 7) is 6.11. The first-order valence-electron chi connectivity index (χ1n) is 6.60. The molecule has 0 aliphatic heterocycles. The van der Waals surface area contributed by atoms with E-state index in [0.717, 1.165) is 26.4 Å². The Morgan fingerprint density at radius 1 is 1.19 bits per heavy atom. The molecule has 4 heteroatoms. The molecule has 0 saturated heterocycles. The van der Waals surface area contributed by atoms with Gasteiger partial charge in [-0.25, -0.2) is 0 Å². The topological polar surface area (TPSA) is 33.0 Å². The zero-order chi connectivity index (χ0) is 15.6. The summed E-state index contributed by atoms with van der Waals surface area (Å²) in [5, 5.41) is 9.95. The molecule has 0 aromatic heterocycles. The second kappa shape index (κ2) is 6.51. The van der Waals surface area contributed by atoms with Crippen molar-refractivity contribution in [2.75, 3.05) is 0 Å². The predicted molar refractivity (Wildman–Crippen MR) is 89.2 cm³/mol. The molecule has 0 N–H and O–H groups in total. The Kier molecular flexibility index (Phi) is 4.92. The zero-order valence-corrected chi connectivity index (χ0v) is 14.4. The molecule has 0 atom stereocenters. The maximum Gasteiger partial charge on any atom is 0.145 e. The molecule has 0 aliphatic rings. The second-order valence-electron chi connectivity index (χ2n) is 5.15. The van der Waals surface area contributed by atoms with Crippen molar-refractivity contribution >= 4 is 27.5 Å². The van der Waals surface area contributed by atoms with E-state index in [2.05, 4.69) is 35.8 Å². The van der Waals surface area contributed by atoms with E-state index in [9.17, 15) is 5.26 Å². The van der Waals surface area contributed by atoms with Crippen LogP contribution >= 0.6 is 27.5 Å². The Balaban J connectivity index is 2.45. The molecule has 2 nitrogen and oxygen atoms in total. The smallest absolute Gasteiger partial charge is 0.145 e. The Hall–Kier alpha value is -1.50. The first kappa shape index (κ1) is 15.9. The van der Waals surface area contributed by atoms with Gasteiger partial charge in [0.25, 0.3) is 0 Å². The number of ether oxygens (including phenoxy) is 1. The van der Waals surface area contributed by atoms with E-state index in [0.29, 0.717) is 17.2 Å². The number of hydrogen-bond acceptors (Lipinski definition) is 2. The molecule has 0 saturated carbocycles. The molecule has 0 fully saturated rings. The van der Waals surface area contributed by atoms with E-state index in [-0.39, 0.29) is 0 Å². The van der Waals surface area contributed by atoms with Crippen molar-refractivity contribution in [2.45, 2.75) is 26.7 Å². The molecular weight excluding hydrogens is 350 g/mol. The highest BCUT2D eigenvalue weighted by Gasteiger charge is 2.12. The van der Waals surface area contributed by atoms with Crippen LogP contribution in [0.15, 0.2) is 34.8 Å². The summed E-state index contributed by atoms with van der Waals surface area (Å²) in [4.78, 5) is 0. The minimum atomic E-state index is 0.306. The summed E-state index contributed by atoms with van der Waals surface area (Å²) in [6, 6.07) is 11.4. The van der Waals surface area contributed by atoms with Gasteiger partial charge in [0, 0.05) is 9.50 Å². The van der Waals surface area contributed by atoms with E-state index >= 15 is 0 Å². The van der Waals surface area contributed by atoms with Crippen LogP contribution in [-0.4, -0.2) is 0 Å². The summed E-state index contributed by atoms with van der Waals surface area (Å²) < 4.78 is 6.78. The van der Waals surface area contributed by atoms with Gasteiger partial charge in [-0.15, -0.1) is 0 Å². The zero-order valence-electron chi connectivity index (χ0n) is 12.1. The van der Waals surface area contributed by atoms with Crippen molar-refractivity contribution in [3.63, 3.8) is 0 Å². The van der Waals surface area contributed by atoms with Crippen molar-refractivity contribution in [1.82, 2.24) is 0 Å². The lowest BCUT2D eigenvalue weighted by Gasteiger charge is -2.15. The fraction of sp³-hybridized carbons (Fsp3) is 0.235. The third-order valence-electron chi connectivity index (χ3n) is 3.20. The Bertz CT molecular complexity index is 719. The van der Waals surface area contributed by atoms with E-state index in [1.807, 2.05) is 25.1 Å². The lowest BCUT2D eigenvalue weighted by atomic mass is 10.0. The first-order valence-corrected chi connectivity index (χ1v) is 7.77. The predicted octanol–water partition coefficient (Wildman–Crippen LogP) is 6.20. The molecular formula is C17H15BrClNO. The van der Waals surface area contributed by atoms with Gasteiger partial charge in [-0.05, 0) is 54.3 Å². The molecule has 2 aromatic carbocycles. The quantitative estimate of drug-likeness (QED) is 0.649. The van der Waals surface area contributed by atoms with E-state index in [4.69, 9.17) is 16.3 Å². The van der Waals surface area contributed by atoms with Gasteiger partial charge in [-0.2, -0.15) is 5.26 Å². The summed E-state index contributed by atoms with van der Waals surface area (Å²) in [6.07, 6.45) is 0. The third-order valence-corrected chi connectivity index (χ3v) is 4.02. The third kappa shape index (κ3) is 3.58. The van der Waals surface area contributed by atoms with E-state index < -0.39 is 0 Å². The Morgan fingerprint density at radius 3 is 2.52 bits per heavy atom. The fourth-order valence-electron chi connectivity index (χ4n) is 2.02. The van der Waals surface area contributed by atoms with Crippen LogP contribution in [0.1, 0.15) is 36.5 Å². The summed E-state index contributed by atoms with van der Waals surface area (Å²) in [5.74, 6) is 1.57. The molecule has 108 valence electrons. The van der Waals surface area contributed by atoms with Gasteiger partial charge in [0.15, 0.2) is 0 Å². The van der Waals surface area contributed by atoms with Crippen LogP contribution in [0, 0.1) is 18.3 Å². The molecule has 0 aliphatic carbocycles. The molecule has 2 aromatic rings. The van der Waals surface area contributed by atoms with E-state index in [1.54, 1.807) is 12.1 Å². The van der Waals surface area contributed by atoms with Gasteiger partial charge in [0.1, 0.15) is 17.6 Å². The number of nitrogens with zero attached hydrogens (tertiary/aromatic N) is 1. The molecule has 0 amide bonds. The summed E-state index contributed by atoms with van der Waals surface area (Å²) in [7, 11) is 0. The number of nitriles is 1. The van der Waals surface area contributed by atoms with Crippen molar-refractivity contribution in [3.8, 4) is 17.6 Å². The lowest BCUT2D eigenvalue weighted by Crippen LogP contribution is -1.95. The monoisotopic (exact) mass is 363 g/mol. The van der Waals surface area contributed by atoms with Crippen LogP contribution in [0.3, 0.4) is 0 Å². The normalized spacial score (nSPS) is 10.5. The van der Waals surface area contributed by atoms with Crippen LogP contribution < -0.4 is 4.74 Å². The molecule has 0 spiro atoms. The van der Waals surface area contributed by atoms with Crippen molar-refractivity contribution < 1.29 is 4.74 Å². The maximum absolute atomic E-state index is 9.21. The molecule has 2 rings (SSSR count). The van der Waals surface area contributed by atoms with Crippen LogP contribution in [0.2, 0.25) is 5.02 Å². The van der Waals surface area contributed by atoms with Gasteiger partial charge in [-0.3, -0.25) is 0 Å². The number of rotatable bonds is 3. The van der Waals surface area contributed by atoms with Gasteiger partial charge < -0.3 is 4.74 Å². The highest BCUT2D eigenvalue weighted by Crippen LogP contribution is 2.35. The van der Waals surface area contributed by atoms with Crippen molar-refractivity contribution in [3.05, 3.63) is 56.5 Å². The molecule has 0 bridgehead atoms. The lowest BCUT2D eigenvalue weighted by molar-refractivity contribution is 0.476. The highest BCUT2D eigenvalue weighted by atomic mass is 79.9. The van der Waals surface area contributed by atoms with Gasteiger partial charge in [0.2, 0.25) is 0 Å². The SMILES string of the molecule is Cc1cc(Cl)c(C(C)C)cc1Oc1ccc(Br)cc1C#N. The number of benzene rings is 2.